The number of aromatic nitrogens is 2. The molecule has 0 aliphatic rings. The molecule has 2 aromatic rings. The van der Waals surface area contributed by atoms with Gasteiger partial charge in [-0.1, -0.05) is 12.1 Å². The maximum atomic E-state index is 8.97. The van der Waals surface area contributed by atoms with Crippen LogP contribution in [0.25, 0.3) is 0 Å². The molecule has 5 heteroatoms. The first-order valence-electron chi connectivity index (χ1n) is 5.87. The zero-order valence-electron chi connectivity index (χ0n) is 10.8. The number of rotatable bonds is 4. The summed E-state index contributed by atoms with van der Waals surface area (Å²) in [6, 6.07) is 11.0. The number of anilines is 1. The molecule has 5 nitrogen and oxygen atoms in total. The monoisotopic (exact) mass is 254 g/mol. The highest BCUT2D eigenvalue weighted by Gasteiger charge is 2.05. The van der Waals surface area contributed by atoms with Gasteiger partial charge in [0.05, 0.1) is 5.56 Å². The first-order valence-corrected chi connectivity index (χ1v) is 5.87. The molecule has 0 fully saturated rings. The van der Waals surface area contributed by atoms with Crippen molar-refractivity contribution in [1.82, 2.24) is 9.97 Å². The second kappa shape index (κ2) is 5.83. The second-order valence-corrected chi connectivity index (χ2v) is 3.96. The molecule has 1 aromatic heterocycles. The molecule has 0 amide bonds. The van der Waals surface area contributed by atoms with Gasteiger partial charge in [0.1, 0.15) is 24.2 Å². The number of hydrogen-bond acceptors (Lipinski definition) is 5. The van der Waals surface area contributed by atoms with Gasteiger partial charge < -0.3 is 10.1 Å². The van der Waals surface area contributed by atoms with Gasteiger partial charge in [0.25, 0.3) is 0 Å². The van der Waals surface area contributed by atoms with E-state index in [1.807, 2.05) is 19.1 Å². The van der Waals surface area contributed by atoms with Crippen LogP contribution in [0.5, 0.6) is 5.75 Å². The summed E-state index contributed by atoms with van der Waals surface area (Å²) in [6.07, 6.45) is 0. The van der Waals surface area contributed by atoms with E-state index in [1.54, 1.807) is 25.2 Å². The second-order valence-electron chi connectivity index (χ2n) is 3.96. The van der Waals surface area contributed by atoms with Gasteiger partial charge in [0.2, 0.25) is 0 Å². The quantitative estimate of drug-likeness (QED) is 0.906. The lowest BCUT2D eigenvalue weighted by atomic mass is 10.2. The summed E-state index contributed by atoms with van der Waals surface area (Å²) < 4.78 is 5.59. The molecule has 0 atom stereocenters. The van der Waals surface area contributed by atoms with Gasteiger partial charge >= 0.3 is 0 Å². The van der Waals surface area contributed by atoms with E-state index in [1.165, 1.54) is 0 Å². The van der Waals surface area contributed by atoms with Crippen LogP contribution in [-0.2, 0) is 6.61 Å². The first-order chi connectivity index (χ1) is 9.22. The highest BCUT2D eigenvalue weighted by atomic mass is 16.5. The first kappa shape index (κ1) is 12.8. The summed E-state index contributed by atoms with van der Waals surface area (Å²) in [5.74, 6) is 1.87. The van der Waals surface area contributed by atoms with Crippen LogP contribution in [0.1, 0.15) is 17.1 Å². The molecule has 0 radical (unpaired) electrons. The Kier molecular flexibility index (Phi) is 3.94. The molecule has 1 aromatic carbocycles. The van der Waals surface area contributed by atoms with Crippen molar-refractivity contribution in [3.8, 4) is 11.8 Å². The van der Waals surface area contributed by atoms with Crippen LogP contribution < -0.4 is 10.1 Å². The number of aryl methyl sites for hydroxylation is 1. The van der Waals surface area contributed by atoms with Crippen LogP contribution in [0.15, 0.2) is 30.3 Å². The van der Waals surface area contributed by atoms with Gasteiger partial charge in [-0.3, -0.25) is 0 Å². The Bertz CT molecular complexity index is 619. The lowest BCUT2D eigenvalue weighted by Crippen LogP contribution is -2.06. The van der Waals surface area contributed by atoms with Crippen molar-refractivity contribution < 1.29 is 4.74 Å². The highest BCUT2D eigenvalue weighted by Crippen LogP contribution is 2.17. The summed E-state index contributed by atoms with van der Waals surface area (Å²) in [7, 11) is 1.80. The zero-order chi connectivity index (χ0) is 13.7. The van der Waals surface area contributed by atoms with E-state index in [4.69, 9.17) is 10.00 Å². The third-order valence-corrected chi connectivity index (χ3v) is 2.52. The Morgan fingerprint density at radius 3 is 2.84 bits per heavy atom. The zero-order valence-corrected chi connectivity index (χ0v) is 10.8. The molecule has 0 saturated heterocycles. The predicted octanol–water partition coefficient (Wildman–Crippen LogP) is 2.28. The van der Waals surface area contributed by atoms with Gasteiger partial charge in [-0.2, -0.15) is 5.26 Å². The molecule has 0 aliphatic heterocycles. The summed E-state index contributed by atoms with van der Waals surface area (Å²) >= 11 is 0. The predicted molar refractivity (Wildman–Crippen MR) is 71.8 cm³/mol. The standard InChI is InChI=1S/C14H14N4O/c1-10-7-13(16-2)18-14(17-10)9-19-12-6-4-3-5-11(12)8-15/h3-7H,9H2,1-2H3,(H,16,17,18). The van der Waals surface area contributed by atoms with Crippen LogP contribution in [-0.4, -0.2) is 17.0 Å². The largest absolute Gasteiger partial charge is 0.484 e. The lowest BCUT2D eigenvalue weighted by molar-refractivity contribution is 0.295. The average Bonchev–Trinajstić information content (AvgIpc) is 2.44. The minimum atomic E-state index is 0.231. The van der Waals surface area contributed by atoms with Gasteiger partial charge in [-0.25, -0.2) is 9.97 Å². The number of nitrogens with zero attached hydrogens (tertiary/aromatic N) is 3. The smallest absolute Gasteiger partial charge is 0.168 e. The highest BCUT2D eigenvalue weighted by molar-refractivity contribution is 5.42. The lowest BCUT2D eigenvalue weighted by Gasteiger charge is -2.08. The van der Waals surface area contributed by atoms with Crippen LogP contribution in [0.4, 0.5) is 5.82 Å². The third kappa shape index (κ3) is 3.19. The molecule has 0 unspecified atom stereocenters. The summed E-state index contributed by atoms with van der Waals surface area (Å²) in [6.45, 7) is 2.13. The third-order valence-electron chi connectivity index (χ3n) is 2.52. The van der Waals surface area contributed by atoms with E-state index in [-0.39, 0.29) is 6.61 Å². The molecule has 0 bridgehead atoms. The number of hydrogen-bond donors (Lipinski definition) is 1. The summed E-state index contributed by atoms with van der Waals surface area (Å²) in [4.78, 5) is 8.59. The minimum Gasteiger partial charge on any atom is -0.484 e. The Balaban J connectivity index is 2.15. The molecular weight excluding hydrogens is 240 g/mol. The van der Waals surface area contributed by atoms with Crippen molar-refractivity contribution >= 4 is 5.82 Å². The molecule has 1 N–H and O–H groups in total. The summed E-state index contributed by atoms with van der Waals surface area (Å²) in [5, 5.41) is 11.9. The Morgan fingerprint density at radius 1 is 1.32 bits per heavy atom. The number of nitriles is 1. The maximum absolute atomic E-state index is 8.97. The van der Waals surface area contributed by atoms with E-state index in [2.05, 4.69) is 21.4 Å². The van der Waals surface area contributed by atoms with E-state index >= 15 is 0 Å². The fourth-order valence-corrected chi connectivity index (χ4v) is 1.65. The van der Waals surface area contributed by atoms with Crippen molar-refractivity contribution in [3.05, 3.63) is 47.4 Å². The summed E-state index contributed by atoms with van der Waals surface area (Å²) in [5.41, 5.74) is 1.37. The van der Waals surface area contributed by atoms with Crippen LogP contribution >= 0.6 is 0 Å². The van der Waals surface area contributed by atoms with Crippen molar-refractivity contribution in [1.29, 1.82) is 5.26 Å². The molecule has 19 heavy (non-hydrogen) atoms. The van der Waals surface area contributed by atoms with Gasteiger partial charge in [0.15, 0.2) is 5.82 Å². The maximum Gasteiger partial charge on any atom is 0.168 e. The van der Waals surface area contributed by atoms with Crippen molar-refractivity contribution in [2.45, 2.75) is 13.5 Å². The van der Waals surface area contributed by atoms with E-state index in [0.29, 0.717) is 17.1 Å². The molecule has 1 heterocycles. The van der Waals surface area contributed by atoms with Crippen molar-refractivity contribution in [2.24, 2.45) is 0 Å². The molecular formula is C14H14N4O. The Hall–Kier alpha value is -2.61. The topological polar surface area (TPSA) is 70.8 Å². The van der Waals surface area contributed by atoms with Crippen molar-refractivity contribution in [3.63, 3.8) is 0 Å². The Labute approximate surface area is 111 Å². The van der Waals surface area contributed by atoms with Crippen LogP contribution in [0, 0.1) is 18.3 Å². The normalized spacial score (nSPS) is 9.74. The molecule has 0 aliphatic carbocycles. The number of ether oxygens (including phenoxy) is 1. The number of benzene rings is 1. The van der Waals surface area contributed by atoms with Crippen molar-refractivity contribution in [2.75, 3.05) is 12.4 Å². The van der Waals surface area contributed by atoms with Gasteiger partial charge in [0, 0.05) is 18.8 Å². The number of nitrogens with one attached hydrogen (secondary N) is 1. The fourth-order valence-electron chi connectivity index (χ4n) is 1.65. The molecule has 96 valence electrons. The van der Waals surface area contributed by atoms with Crippen LogP contribution in [0.3, 0.4) is 0 Å². The fraction of sp³-hybridized carbons (Fsp3) is 0.214. The SMILES string of the molecule is CNc1cc(C)nc(COc2ccccc2C#N)n1. The molecule has 0 spiro atoms. The Morgan fingerprint density at radius 2 is 2.11 bits per heavy atom. The molecule has 2 rings (SSSR count). The minimum absolute atomic E-state index is 0.231. The van der Waals surface area contributed by atoms with Gasteiger partial charge in [-0.05, 0) is 19.1 Å². The number of para-hydroxylation sites is 1. The van der Waals surface area contributed by atoms with Crippen LogP contribution in [0.2, 0.25) is 0 Å². The van der Waals surface area contributed by atoms with Gasteiger partial charge in [-0.15, -0.1) is 0 Å². The van der Waals surface area contributed by atoms with E-state index in [9.17, 15) is 0 Å². The average molecular weight is 254 g/mol. The molecule has 0 saturated carbocycles. The van der Waals surface area contributed by atoms with E-state index in [0.717, 1.165) is 11.5 Å². The van der Waals surface area contributed by atoms with E-state index < -0.39 is 0 Å².